The zero-order valence-corrected chi connectivity index (χ0v) is 18.2. The van der Waals surface area contributed by atoms with Gasteiger partial charge in [0.25, 0.3) is 0 Å². The Morgan fingerprint density at radius 3 is 2.52 bits per heavy atom. The van der Waals surface area contributed by atoms with Crippen molar-refractivity contribution in [2.45, 2.75) is 65.1 Å². The SMILES string of the molecule is CCC(CC)(CNC(=NC)NCc1nnc2ccccn12)NC(=O)OC(C)(C)C. The maximum absolute atomic E-state index is 12.3. The van der Waals surface area contributed by atoms with E-state index >= 15 is 0 Å². The molecule has 2 aromatic rings. The number of amides is 1. The molecule has 9 nitrogen and oxygen atoms in total. The first-order valence-electron chi connectivity index (χ1n) is 9.96. The second-order valence-corrected chi connectivity index (χ2v) is 7.94. The molecule has 0 unspecified atom stereocenters. The number of ether oxygens (including phenoxy) is 1. The van der Waals surface area contributed by atoms with Crippen molar-refractivity contribution in [3.63, 3.8) is 0 Å². The summed E-state index contributed by atoms with van der Waals surface area (Å²) in [4.78, 5) is 16.6. The van der Waals surface area contributed by atoms with Gasteiger partial charge in [0.1, 0.15) is 5.60 Å². The third kappa shape index (κ3) is 6.33. The van der Waals surface area contributed by atoms with Gasteiger partial charge in [-0.2, -0.15) is 0 Å². The maximum atomic E-state index is 12.3. The summed E-state index contributed by atoms with van der Waals surface area (Å²) >= 11 is 0. The van der Waals surface area contributed by atoms with Crippen LogP contribution in [0, 0.1) is 0 Å². The fraction of sp³-hybridized carbons (Fsp3) is 0.600. The second kappa shape index (κ2) is 9.58. The van der Waals surface area contributed by atoms with E-state index in [-0.39, 0.29) is 0 Å². The van der Waals surface area contributed by atoms with Crippen LogP contribution in [0.5, 0.6) is 0 Å². The summed E-state index contributed by atoms with van der Waals surface area (Å²) in [6.07, 6.45) is 3.01. The zero-order chi connectivity index (χ0) is 21.5. The fourth-order valence-corrected chi connectivity index (χ4v) is 2.89. The lowest BCUT2D eigenvalue weighted by Crippen LogP contribution is -2.57. The smallest absolute Gasteiger partial charge is 0.408 e. The Morgan fingerprint density at radius 1 is 1.17 bits per heavy atom. The number of alkyl carbamates (subject to hydrolysis) is 1. The number of carbonyl (C=O) groups is 1. The van der Waals surface area contributed by atoms with E-state index in [0.29, 0.717) is 19.0 Å². The lowest BCUT2D eigenvalue weighted by atomic mass is 9.93. The van der Waals surface area contributed by atoms with E-state index in [0.717, 1.165) is 24.3 Å². The van der Waals surface area contributed by atoms with Crippen LogP contribution in [0.2, 0.25) is 0 Å². The molecule has 1 amide bonds. The molecule has 0 saturated carbocycles. The average Bonchev–Trinajstić information content (AvgIpc) is 3.09. The minimum atomic E-state index is -0.538. The molecule has 0 spiro atoms. The van der Waals surface area contributed by atoms with E-state index in [1.54, 1.807) is 7.05 Å². The van der Waals surface area contributed by atoms with E-state index in [1.165, 1.54) is 0 Å². The number of guanidine groups is 1. The van der Waals surface area contributed by atoms with Crippen LogP contribution in [0.4, 0.5) is 4.79 Å². The number of aromatic nitrogens is 3. The molecule has 0 radical (unpaired) electrons. The molecule has 2 rings (SSSR count). The lowest BCUT2D eigenvalue weighted by molar-refractivity contribution is 0.0448. The summed E-state index contributed by atoms with van der Waals surface area (Å²) < 4.78 is 7.35. The van der Waals surface area contributed by atoms with Gasteiger partial charge in [0.15, 0.2) is 17.4 Å². The van der Waals surface area contributed by atoms with Gasteiger partial charge in [-0.25, -0.2) is 4.79 Å². The van der Waals surface area contributed by atoms with Crippen molar-refractivity contribution >= 4 is 17.7 Å². The van der Waals surface area contributed by atoms with Crippen LogP contribution in [0.25, 0.3) is 5.65 Å². The molecular weight excluding hydrogens is 370 g/mol. The number of aliphatic imine (C=N–C) groups is 1. The van der Waals surface area contributed by atoms with Gasteiger partial charge in [-0.15, -0.1) is 10.2 Å². The molecule has 2 heterocycles. The Morgan fingerprint density at radius 2 is 1.90 bits per heavy atom. The standard InChI is InChI=1S/C20H33N7O2/c1-7-20(8-2,24-18(28)29-19(3,4)5)14-23-17(21-6)22-13-16-26-25-15-11-9-10-12-27(15)16/h9-12H,7-8,13-14H2,1-6H3,(H,24,28)(H2,21,22,23). The van der Waals surface area contributed by atoms with Crippen molar-refractivity contribution < 1.29 is 9.53 Å². The lowest BCUT2D eigenvalue weighted by Gasteiger charge is -2.34. The highest BCUT2D eigenvalue weighted by Gasteiger charge is 2.30. The van der Waals surface area contributed by atoms with Crippen molar-refractivity contribution in [3.05, 3.63) is 30.2 Å². The van der Waals surface area contributed by atoms with E-state index in [2.05, 4.69) is 31.1 Å². The Kier molecular flexibility index (Phi) is 7.41. The topological polar surface area (TPSA) is 105 Å². The maximum Gasteiger partial charge on any atom is 0.408 e. The Hall–Kier alpha value is -2.84. The summed E-state index contributed by atoms with van der Waals surface area (Å²) in [6.45, 7) is 10.6. The predicted molar refractivity (Wildman–Crippen MR) is 114 cm³/mol. The number of pyridine rings is 1. The van der Waals surface area contributed by atoms with Crippen molar-refractivity contribution in [3.8, 4) is 0 Å². The number of rotatable bonds is 7. The minimum absolute atomic E-state index is 0.416. The Bertz CT molecular complexity index is 835. The van der Waals surface area contributed by atoms with Crippen LogP contribution in [-0.4, -0.2) is 51.4 Å². The number of hydrogen-bond acceptors (Lipinski definition) is 5. The van der Waals surface area contributed by atoms with Crippen molar-refractivity contribution in [1.82, 2.24) is 30.5 Å². The number of carbonyl (C=O) groups excluding carboxylic acids is 1. The van der Waals surface area contributed by atoms with Crippen LogP contribution in [-0.2, 0) is 11.3 Å². The molecule has 0 atom stereocenters. The number of nitrogens with one attached hydrogen (secondary N) is 3. The predicted octanol–water partition coefficient (Wildman–Crippen LogP) is 2.48. The minimum Gasteiger partial charge on any atom is -0.444 e. The van der Waals surface area contributed by atoms with Crippen LogP contribution < -0.4 is 16.0 Å². The molecule has 0 saturated heterocycles. The quantitative estimate of drug-likeness (QED) is 0.485. The highest BCUT2D eigenvalue weighted by molar-refractivity contribution is 5.79. The monoisotopic (exact) mass is 403 g/mol. The first-order chi connectivity index (χ1) is 13.7. The molecule has 0 aliphatic carbocycles. The number of fused-ring (bicyclic) bond motifs is 1. The molecule has 0 aliphatic rings. The summed E-state index contributed by atoms with van der Waals surface area (Å²) in [6, 6.07) is 5.77. The van der Waals surface area contributed by atoms with Crippen LogP contribution >= 0.6 is 0 Å². The summed E-state index contributed by atoms with van der Waals surface area (Å²) in [5.41, 5.74) is -0.185. The normalized spacial score (nSPS) is 12.7. The fourth-order valence-electron chi connectivity index (χ4n) is 2.89. The molecular formula is C20H33N7O2. The Labute approximate surface area is 172 Å². The third-order valence-corrected chi connectivity index (χ3v) is 4.74. The number of nitrogens with zero attached hydrogens (tertiary/aromatic N) is 4. The summed E-state index contributed by atoms with van der Waals surface area (Å²) in [5, 5.41) is 17.9. The largest absolute Gasteiger partial charge is 0.444 e. The molecule has 29 heavy (non-hydrogen) atoms. The van der Waals surface area contributed by atoms with Gasteiger partial charge in [0.05, 0.1) is 12.1 Å². The molecule has 2 aromatic heterocycles. The van der Waals surface area contributed by atoms with Gasteiger partial charge in [-0.05, 0) is 45.7 Å². The Balaban J connectivity index is 1.96. The van der Waals surface area contributed by atoms with Gasteiger partial charge in [0, 0.05) is 19.8 Å². The molecule has 0 aliphatic heterocycles. The van der Waals surface area contributed by atoms with Gasteiger partial charge in [0.2, 0.25) is 0 Å². The van der Waals surface area contributed by atoms with Gasteiger partial charge in [-0.1, -0.05) is 19.9 Å². The van der Waals surface area contributed by atoms with Crippen molar-refractivity contribution in [1.29, 1.82) is 0 Å². The molecule has 3 N–H and O–H groups in total. The van der Waals surface area contributed by atoms with E-state index in [4.69, 9.17) is 4.74 Å². The third-order valence-electron chi connectivity index (χ3n) is 4.74. The first-order valence-corrected chi connectivity index (χ1v) is 9.96. The van der Waals surface area contributed by atoms with Crippen LogP contribution in [0.15, 0.2) is 29.4 Å². The molecule has 0 aromatic carbocycles. The summed E-state index contributed by atoms with van der Waals surface area (Å²) in [7, 11) is 1.71. The molecule has 0 bridgehead atoms. The van der Waals surface area contributed by atoms with E-state index in [9.17, 15) is 4.79 Å². The highest BCUT2D eigenvalue weighted by atomic mass is 16.6. The molecule has 160 valence electrons. The van der Waals surface area contributed by atoms with Crippen LogP contribution in [0.3, 0.4) is 0 Å². The van der Waals surface area contributed by atoms with Gasteiger partial charge < -0.3 is 20.7 Å². The average molecular weight is 404 g/mol. The van der Waals surface area contributed by atoms with E-state index in [1.807, 2.05) is 63.4 Å². The van der Waals surface area contributed by atoms with Crippen molar-refractivity contribution in [2.24, 2.45) is 4.99 Å². The highest BCUT2D eigenvalue weighted by Crippen LogP contribution is 2.16. The molecule has 9 heteroatoms. The van der Waals surface area contributed by atoms with Crippen LogP contribution in [0.1, 0.15) is 53.3 Å². The van der Waals surface area contributed by atoms with E-state index < -0.39 is 17.2 Å². The van der Waals surface area contributed by atoms with Gasteiger partial charge >= 0.3 is 6.09 Å². The molecule has 0 fully saturated rings. The second-order valence-electron chi connectivity index (χ2n) is 7.94. The van der Waals surface area contributed by atoms with Crippen molar-refractivity contribution in [2.75, 3.05) is 13.6 Å². The number of hydrogen-bond donors (Lipinski definition) is 3. The van der Waals surface area contributed by atoms with Gasteiger partial charge in [-0.3, -0.25) is 9.39 Å². The first kappa shape index (κ1) is 22.4. The zero-order valence-electron chi connectivity index (χ0n) is 18.2. The summed E-state index contributed by atoms with van der Waals surface area (Å²) in [5.74, 6) is 1.41.